The highest BCUT2D eigenvalue weighted by Gasteiger charge is 2.48. The van der Waals surface area contributed by atoms with Crippen LogP contribution in [0.5, 0.6) is 0 Å². The Kier molecular flexibility index (Phi) is 33.9. The standard InChI is InChI=1S/C44H80O12S/c1-3-5-7-9-11-13-15-17-19-20-22-24-26-28-30-32-34-52-36-38(37-53-44-42(48)43(56-57(49,50)51)41(47)39(35-45)55-44)54-40(46)33-31-29-27-25-23-21-18-16-14-12-10-8-6-4-2/h10,12,16-19,38-39,41-45,47-48H,3-9,11,13-15,20-37H2,1-2H3,(H,49,50,51)/b12-10-,18-16-,19-17-. The topological polar surface area (TPSA) is 178 Å². The van der Waals surface area contributed by atoms with E-state index < -0.39 is 59.8 Å². The quantitative estimate of drug-likeness (QED) is 0.0201. The largest absolute Gasteiger partial charge is 0.457 e. The van der Waals surface area contributed by atoms with E-state index >= 15 is 0 Å². The fraction of sp³-hybridized carbons (Fsp3) is 0.841. The van der Waals surface area contributed by atoms with Crippen LogP contribution in [0.2, 0.25) is 0 Å². The van der Waals surface area contributed by atoms with Gasteiger partial charge in [0.15, 0.2) is 6.29 Å². The highest BCUT2D eigenvalue weighted by Crippen LogP contribution is 2.26. The minimum atomic E-state index is -5.06. The van der Waals surface area contributed by atoms with Crippen LogP contribution in [0, 0.1) is 0 Å². The lowest BCUT2D eigenvalue weighted by Crippen LogP contribution is -2.60. The summed E-state index contributed by atoms with van der Waals surface area (Å²) in [4.78, 5) is 12.8. The van der Waals surface area contributed by atoms with Crippen LogP contribution in [0.3, 0.4) is 0 Å². The smallest absolute Gasteiger partial charge is 0.397 e. The van der Waals surface area contributed by atoms with Gasteiger partial charge < -0.3 is 34.3 Å². The van der Waals surface area contributed by atoms with E-state index in [2.05, 4.69) is 54.5 Å². The van der Waals surface area contributed by atoms with Crippen LogP contribution in [-0.4, -0.2) is 97.5 Å². The number of carbonyl (C=O) groups is 1. The minimum absolute atomic E-state index is 0.0265. The molecule has 0 bridgehead atoms. The van der Waals surface area contributed by atoms with Crippen LogP contribution < -0.4 is 0 Å². The van der Waals surface area contributed by atoms with Gasteiger partial charge in [0, 0.05) is 13.0 Å². The zero-order valence-electron chi connectivity index (χ0n) is 35.4. The summed E-state index contributed by atoms with van der Waals surface area (Å²) in [6, 6.07) is 0. The predicted molar refractivity (Wildman–Crippen MR) is 225 cm³/mol. The van der Waals surface area contributed by atoms with E-state index in [0.29, 0.717) is 13.0 Å². The summed E-state index contributed by atoms with van der Waals surface area (Å²) in [6.07, 6.45) is 31.7. The fourth-order valence-corrected chi connectivity index (χ4v) is 7.07. The average molecular weight is 833 g/mol. The van der Waals surface area contributed by atoms with Crippen LogP contribution in [0.15, 0.2) is 36.5 Å². The molecule has 334 valence electrons. The molecule has 12 nitrogen and oxygen atoms in total. The molecule has 0 aromatic heterocycles. The van der Waals surface area contributed by atoms with Gasteiger partial charge in [-0.25, -0.2) is 4.18 Å². The molecule has 0 spiro atoms. The maximum Gasteiger partial charge on any atom is 0.397 e. The van der Waals surface area contributed by atoms with E-state index in [4.69, 9.17) is 23.5 Å². The van der Waals surface area contributed by atoms with Gasteiger partial charge in [-0.05, 0) is 64.2 Å². The van der Waals surface area contributed by atoms with Gasteiger partial charge in [-0.1, -0.05) is 140 Å². The normalized spacial score (nSPS) is 21.0. The number of esters is 1. The minimum Gasteiger partial charge on any atom is -0.457 e. The lowest BCUT2D eigenvalue weighted by molar-refractivity contribution is -0.301. The first-order valence-corrected chi connectivity index (χ1v) is 23.6. The molecule has 0 aromatic carbocycles. The second-order valence-electron chi connectivity index (χ2n) is 15.3. The van der Waals surface area contributed by atoms with Crippen LogP contribution in [-0.2, 0) is 38.3 Å². The van der Waals surface area contributed by atoms with Crippen LogP contribution in [0.25, 0.3) is 0 Å². The van der Waals surface area contributed by atoms with E-state index in [1.54, 1.807) is 0 Å². The molecule has 13 heteroatoms. The number of hydrogen-bond donors (Lipinski definition) is 4. The summed E-state index contributed by atoms with van der Waals surface area (Å²) >= 11 is 0. The zero-order valence-corrected chi connectivity index (χ0v) is 36.2. The number of carbonyl (C=O) groups excluding carboxylic acids is 1. The Morgan fingerprint density at radius 2 is 1.18 bits per heavy atom. The van der Waals surface area contributed by atoms with Crippen molar-refractivity contribution < 1.29 is 56.2 Å². The summed E-state index contributed by atoms with van der Waals surface area (Å²) in [7, 11) is -5.06. The average Bonchev–Trinajstić information content (AvgIpc) is 3.18. The molecule has 1 aliphatic rings. The first kappa shape index (κ1) is 53.3. The van der Waals surface area contributed by atoms with Crippen molar-refractivity contribution in [1.29, 1.82) is 0 Å². The molecule has 0 saturated carbocycles. The molecule has 1 rings (SSSR count). The molecule has 4 N–H and O–H groups in total. The molecule has 0 aliphatic carbocycles. The molecule has 1 fully saturated rings. The number of aliphatic hydroxyl groups is 3. The molecule has 0 radical (unpaired) electrons. The SMILES string of the molecule is CCCC/C=C\C/C=C\CCCCCCCC(=O)OC(COCCCCCCCC/C=C\CCCCCCCC)COC1OC(CO)C(O)C(OS(=O)(=O)O)C1O. The van der Waals surface area contributed by atoms with Gasteiger partial charge in [0.05, 0.1) is 19.8 Å². The molecule has 1 aliphatic heterocycles. The van der Waals surface area contributed by atoms with E-state index in [1.165, 1.54) is 77.0 Å². The maximum atomic E-state index is 12.8. The molecule has 1 saturated heterocycles. The molecule has 57 heavy (non-hydrogen) atoms. The van der Waals surface area contributed by atoms with Crippen molar-refractivity contribution in [2.75, 3.05) is 26.4 Å². The number of hydrogen-bond acceptors (Lipinski definition) is 11. The van der Waals surface area contributed by atoms with E-state index in [1.807, 2.05) is 0 Å². The predicted octanol–water partition coefficient (Wildman–Crippen LogP) is 9.02. The van der Waals surface area contributed by atoms with Gasteiger partial charge in [0.25, 0.3) is 0 Å². The lowest BCUT2D eigenvalue weighted by atomic mass is 9.99. The Hall–Kier alpha value is -1.68. The van der Waals surface area contributed by atoms with Crippen molar-refractivity contribution >= 4 is 16.4 Å². The van der Waals surface area contributed by atoms with Gasteiger partial charge in [-0.3, -0.25) is 9.35 Å². The highest BCUT2D eigenvalue weighted by molar-refractivity contribution is 7.80. The number of unbranched alkanes of at least 4 members (excludes halogenated alkanes) is 19. The first-order valence-electron chi connectivity index (χ1n) is 22.2. The van der Waals surface area contributed by atoms with Crippen molar-refractivity contribution in [3.63, 3.8) is 0 Å². The third kappa shape index (κ3) is 30.1. The Morgan fingerprint density at radius 3 is 1.74 bits per heavy atom. The van der Waals surface area contributed by atoms with Crippen LogP contribution in [0.4, 0.5) is 0 Å². The second-order valence-corrected chi connectivity index (χ2v) is 16.3. The zero-order chi connectivity index (χ0) is 41.8. The molecular weight excluding hydrogens is 753 g/mol. The monoisotopic (exact) mass is 833 g/mol. The number of ether oxygens (including phenoxy) is 4. The Bertz CT molecular complexity index is 1140. The van der Waals surface area contributed by atoms with Crippen LogP contribution in [0.1, 0.15) is 174 Å². The van der Waals surface area contributed by atoms with Crippen LogP contribution >= 0.6 is 0 Å². The van der Waals surface area contributed by atoms with Crippen molar-refractivity contribution in [2.45, 2.75) is 211 Å². The second kappa shape index (κ2) is 36.2. The summed E-state index contributed by atoms with van der Waals surface area (Å²) < 4.78 is 59.0. The number of rotatable bonds is 38. The lowest BCUT2D eigenvalue weighted by Gasteiger charge is -2.41. The van der Waals surface area contributed by atoms with E-state index in [0.717, 1.165) is 70.6 Å². The Balaban J connectivity index is 2.46. The summed E-state index contributed by atoms with van der Waals surface area (Å²) in [5, 5.41) is 30.6. The third-order valence-corrected chi connectivity index (χ3v) is 10.5. The third-order valence-electron chi connectivity index (χ3n) is 9.98. The van der Waals surface area contributed by atoms with E-state index in [9.17, 15) is 28.5 Å². The van der Waals surface area contributed by atoms with Gasteiger partial charge in [0.1, 0.15) is 30.5 Å². The number of aliphatic hydroxyl groups excluding tert-OH is 3. The van der Waals surface area contributed by atoms with Gasteiger partial charge in [0.2, 0.25) is 0 Å². The number of allylic oxidation sites excluding steroid dienone is 6. The maximum absolute atomic E-state index is 12.8. The summed E-state index contributed by atoms with van der Waals surface area (Å²) in [6.45, 7) is 3.91. The summed E-state index contributed by atoms with van der Waals surface area (Å²) in [5.74, 6) is -0.416. The molecule has 1 heterocycles. The summed E-state index contributed by atoms with van der Waals surface area (Å²) in [5.41, 5.74) is 0. The molecule has 0 aromatic rings. The first-order chi connectivity index (χ1) is 27.6. The van der Waals surface area contributed by atoms with Gasteiger partial charge >= 0.3 is 16.4 Å². The Labute approximate surface area is 345 Å². The van der Waals surface area contributed by atoms with Gasteiger partial charge in [-0.15, -0.1) is 0 Å². The molecule has 6 atom stereocenters. The fourth-order valence-electron chi connectivity index (χ4n) is 6.56. The molecule has 6 unspecified atom stereocenters. The molecule has 0 amide bonds. The highest BCUT2D eigenvalue weighted by atomic mass is 32.3. The van der Waals surface area contributed by atoms with E-state index in [-0.39, 0.29) is 19.6 Å². The van der Waals surface area contributed by atoms with Crippen molar-refractivity contribution in [1.82, 2.24) is 0 Å². The van der Waals surface area contributed by atoms with Crippen molar-refractivity contribution in [3.8, 4) is 0 Å². The van der Waals surface area contributed by atoms with Gasteiger partial charge in [-0.2, -0.15) is 8.42 Å². The van der Waals surface area contributed by atoms with Crippen molar-refractivity contribution in [3.05, 3.63) is 36.5 Å². The Morgan fingerprint density at radius 1 is 0.667 bits per heavy atom. The van der Waals surface area contributed by atoms with Crippen molar-refractivity contribution in [2.24, 2.45) is 0 Å². The molecular formula is C44H80O12S.